The van der Waals surface area contributed by atoms with E-state index < -0.39 is 0 Å². The molecule has 3 aromatic rings. The van der Waals surface area contributed by atoms with Crippen LogP contribution in [0.1, 0.15) is 16.2 Å². The summed E-state index contributed by atoms with van der Waals surface area (Å²) in [5.74, 6) is 0.595. The molecule has 0 atom stereocenters. The van der Waals surface area contributed by atoms with E-state index in [9.17, 15) is 9.59 Å². The van der Waals surface area contributed by atoms with Crippen LogP contribution in [0, 0.1) is 6.92 Å². The predicted octanol–water partition coefficient (Wildman–Crippen LogP) is 3.90. The molecule has 25 heavy (non-hydrogen) atoms. The van der Waals surface area contributed by atoms with E-state index in [4.69, 9.17) is 23.2 Å². The number of Topliss-reactive ketones (excluding diaryl/α,β-unsaturated/α-hetero) is 1. The SMILES string of the molecule is Br.Cc1n(C)c(=O)c2ccccc2[n+]1CC(=O)c1ccc(Cl)c(Cl)c1. The first-order valence-electron chi connectivity index (χ1n) is 7.36. The average Bonchev–Trinajstić information content (AvgIpc) is 2.59. The highest BCUT2D eigenvalue weighted by Crippen LogP contribution is 2.22. The molecule has 2 aromatic carbocycles. The Bertz CT molecular complexity index is 1030. The van der Waals surface area contributed by atoms with Crippen molar-refractivity contribution in [2.75, 3.05) is 0 Å². The molecule has 1 heterocycles. The third-order valence-electron chi connectivity index (χ3n) is 4.15. The van der Waals surface area contributed by atoms with Crippen molar-refractivity contribution >= 4 is 56.9 Å². The van der Waals surface area contributed by atoms with Gasteiger partial charge in [-0.25, -0.2) is 9.36 Å². The predicted molar refractivity (Wildman–Crippen MR) is 105 cm³/mol. The van der Waals surface area contributed by atoms with E-state index in [-0.39, 0.29) is 34.9 Å². The van der Waals surface area contributed by atoms with E-state index in [2.05, 4.69) is 0 Å². The number of nitrogens with zero attached hydrogens (tertiary/aromatic N) is 2. The molecule has 0 saturated carbocycles. The summed E-state index contributed by atoms with van der Waals surface area (Å²) in [6.07, 6.45) is 0. The zero-order chi connectivity index (χ0) is 17.4. The topological polar surface area (TPSA) is 43.0 Å². The third kappa shape index (κ3) is 3.64. The summed E-state index contributed by atoms with van der Waals surface area (Å²) in [5, 5.41) is 1.33. The van der Waals surface area contributed by atoms with Crippen LogP contribution >= 0.6 is 40.2 Å². The number of benzene rings is 2. The molecule has 0 N–H and O–H groups in total. The van der Waals surface area contributed by atoms with Gasteiger partial charge in [-0.3, -0.25) is 4.79 Å². The molecule has 0 amide bonds. The Morgan fingerprint density at radius 3 is 2.48 bits per heavy atom. The molecule has 0 aliphatic heterocycles. The molecular weight excluding hydrogens is 427 g/mol. The zero-order valence-corrected chi connectivity index (χ0v) is 16.8. The van der Waals surface area contributed by atoms with Gasteiger partial charge in [0.15, 0.2) is 6.54 Å². The van der Waals surface area contributed by atoms with Crippen LogP contribution in [0.5, 0.6) is 0 Å². The molecule has 7 heteroatoms. The average molecular weight is 443 g/mol. The van der Waals surface area contributed by atoms with Crippen LogP contribution in [-0.4, -0.2) is 10.4 Å². The second-order valence-corrected chi connectivity index (χ2v) is 6.38. The number of hydrogen-bond acceptors (Lipinski definition) is 2. The number of fused-ring (bicyclic) bond motifs is 1. The summed E-state index contributed by atoms with van der Waals surface area (Å²) in [5.41, 5.74) is 1.13. The maximum absolute atomic E-state index is 12.7. The van der Waals surface area contributed by atoms with E-state index in [0.717, 1.165) is 5.52 Å². The maximum Gasteiger partial charge on any atom is 0.345 e. The molecule has 0 radical (unpaired) electrons. The largest absolute Gasteiger partial charge is 0.345 e. The molecule has 0 spiro atoms. The van der Waals surface area contributed by atoms with Gasteiger partial charge in [0.25, 0.3) is 5.82 Å². The Balaban J connectivity index is 0.00000225. The fourth-order valence-electron chi connectivity index (χ4n) is 2.68. The molecule has 0 aliphatic carbocycles. The van der Waals surface area contributed by atoms with Crippen LogP contribution in [0.15, 0.2) is 47.3 Å². The minimum atomic E-state index is -0.106. The fourth-order valence-corrected chi connectivity index (χ4v) is 2.98. The maximum atomic E-state index is 12.7. The van der Waals surface area contributed by atoms with Crippen molar-refractivity contribution in [3.8, 4) is 0 Å². The smallest absolute Gasteiger partial charge is 0.290 e. The fraction of sp³-hybridized carbons (Fsp3) is 0.167. The summed E-state index contributed by atoms with van der Waals surface area (Å²) in [6.45, 7) is 1.92. The molecule has 3 rings (SSSR count). The van der Waals surface area contributed by atoms with Crippen LogP contribution in [-0.2, 0) is 13.6 Å². The van der Waals surface area contributed by atoms with Crippen LogP contribution < -0.4 is 10.1 Å². The summed E-state index contributed by atoms with van der Waals surface area (Å²) in [4.78, 5) is 25.0. The minimum Gasteiger partial charge on any atom is -0.290 e. The van der Waals surface area contributed by atoms with Crippen molar-refractivity contribution < 1.29 is 9.36 Å². The Morgan fingerprint density at radius 1 is 1.12 bits per heavy atom. The first-order valence-corrected chi connectivity index (χ1v) is 8.12. The molecule has 0 fully saturated rings. The summed E-state index contributed by atoms with van der Waals surface area (Å²) < 4.78 is 3.38. The normalized spacial score (nSPS) is 10.6. The molecule has 1 aromatic heterocycles. The van der Waals surface area contributed by atoms with Gasteiger partial charge in [0.2, 0.25) is 5.78 Å². The van der Waals surface area contributed by atoms with Gasteiger partial charge in [-0.2, -0.15) is 4.57 Å². The molecular formula is C18H16BrCl2N2O2+. The Labute approximate surface area is 165 Å². The van der Waals surface area contributed by atoms with Crippen molar-refractivity contribution in [3.63, 3.8) is 0 Å². The lowest BCUT2D eigenvalue weighted by Crippen LogP contribution is -2.47. The summed E-state index contributed by atoms with van der Waals surface area (Å²) in [6, 6.07) is 12.1. The molecule has 0 unspecified atom stereocenters. The van der Waals surface area contributed by atoms with Gasteiger partial charge in [0, 0.05) is 12.5 Å². The number of rotatable bonds is 3. The number of ketones is 1. The number of para-hydroxylation sites is 1. The Hall–Kier alpha value is -1.69. The first-order chi connectivity index (χ1) is 11.4. The highest BCUT2D eigenvalue weighted by Gasteiger charge is 2.21. The molecule has 4 nitrogen and oxygen atoms in total. The van der Waals surface area contributed by atoms with E-state index in [1.165, 1.54) is 0 Å². The van der Waals surface area contributed by atoms with Crippen molar-refractivity contribution in [1.29, 1.82) is 0 Å². The van der Waals surface area contributed by atoms with Gasteiger partial charge in [0.05, 0.1) is 17.1 Å². The van der Waals surface area contributed by atoms with Gasteiger partial charge in [0.1, 0.15) is 10.9 Å². The van der Waals surface area contributed by atoms with Gasteiger partial charge < -0.3 is 0 Å². The number of carbonyl (C=O) groups is 1. The van der Waals surface area contributed by atoms with Gasteiger partial charge in [-0.1, -0.05) is 35.3 Å². The van der Waals surface area contributed by atoms with Crippen molar-refractivity contribution in [1.82, 2.24) is 4.57 Å². The van der Waals surface area contributed by atoms with Crippen LogP contribution in [0.25, 0.3) is 10.9 Å². The van der Waals surface area contributed by atoms with E-state index in [1.54, 1.807) is 35.9 Å². The molecule has 0 saturated heterocycles. The van der Waals surface area contributed by atoms with E-state index in [1.807, 2.05) is 29.7 Å². The highest BCUT2D eigenvalue weighted by atomic mass is 79.9. The van der Waals surface area contributed by atoms with Crippen LogP contribution in [0.4, 0.5) is 0 Å². The Morgan fingerprint density at radius 2 is 1.80 bits per heavy atom. The summed E-state index contributed by atoms with van der Waals surface area (Å²) >= 11 is 11.9. The van der Waals surface area contributed by atoms with Crippen LogP contribution in [0.2, 0.25) is 10.0 Å². The number of halogens is 3. The quantitative estimate of drug-likeness (QED) is 0.456. The first kappa shape index (κ1) is 19.6. The molecule has 0 aliphatic rings. The van der Waals surface area contributed by atoms with Crippen LogP contribution in [0.3, 0.4) is 0 Å². The third-order valence-corrected chi connectivity index (χ3v) is 4.89. The van der Waals surface area contributed by atoms with Crippen molar-refractivity contribution in [2.45, 2.75) is 13.5 Å². The second kappa shape index (κ2) is 7.68. The monoisotopic (exact) mass is 441 g/mol. The zero-order valence-electron chi connectivity index (χ0n) is 13.6. The Kier molecular flexibility index (Phi) is 6.03. The van der Waals surface area contributed by atoms with Crippen molar-refractivity contribution in [3.05, 3.63) is 74.3 Å². The molecule has 130 valence electrons. The van der Waals surface area contributed by atoms with Gasteiger partial charge in [-0.15, -0.1) is 17.0 Å². The van der Waals surface area contributed by atoms with Gasteiger partial charge >= 0.3 is 5.56 Å². The lowest BCUT2D eigenvalue weighted by molar-refractivity contribution is -0.668. The van der Waals surface area contributed by atoms with E-state index >= 15 is 0 Å². The minimum absolute atomic E-state index is 0. The number of carbonyl (C=O) groups excluding carboxylic acids is 1. The molecule has 0 bridgehead atoms. The lowest BCUT2D eigenvalue weighted by Gasteiger charge is -2.09. The van der Waals surface area contributed by atoms with E-state index in [0.29, 0.717) is 26.8 Å². The summed E-state index contributed by atoms with van der Waals surface area (Å²) in [7, 11) is 1.70. The van der Waals surface area contributed by atoms with Crippen molar-refractivity contribution in [2.24, 2.45) is 7.05 Å². The standard InChI is InChI=1S/C18H15Cl2N2O2.BrH/c1-11-21(2)18(24)13-5-3-4-6-16(13)22(11)10-17(23)12-7-8-14(19)15(20)9-12;/h3-9H,10H2,1-2H3;1H/q+1;. The lowest BCUT2D eigenvalue weighted by atomic mass is 10.1. The number of aromatic nitrogens is 2. The number of hydrogen-bond donors (Lipinski definition) is 0. The van der Waals surface area contributed by atoms with Gasteiger partial charge in [-0.05, 0) is 30.3 Å². The second-order valence-electron chi connectivity index (χ2n) is 5.57. The highest BCUT2D eigenvalue weighted by molar-refractivity contribution is 8.93.